The molecule has 0 aliphatic heterocycles. The normalized spacial score (nSPS) is 16.7. The highest BCUT2D eigenvalue weighted by Crippen LogP contribution is 2.35. The fourth-order valence-electron chi connectivity index (χ4n) is 2.50. The second-order valence-electron chi connectivity index (χ2n) is 5.93. The molecule has 0 amide bonds. The highest BCUT2D eigenvalue weighted by atomic mass is 32.2. The van der Waals surface area contributed by atoms with Gasteiger partial charge in [0, 0.05) is 5.88 Å². The van der Waals surface area contributed by atoms with Crippen molar-refractivity contribution in [2.75, 3.05) is 12.4 Å². The second kappa shape index (κ2) is 12.0. The van der Waals surface area contributed by atoms with Gasteiger partial charge in [-0.2, -0.15) is 0 Å². The minimum atomic E-state index is 0.613. The summed E-state index contributed by atoms with van der Waals surface area (Å²) < 4.78 is 0. The van der Waals surface area contributed by atoms with Crippen LogP contribution in [0.3, 0.4) is 0 Å². The Labute approximate surface area is 124 Å². The summed E-state index contributed by atoms with van der Waals surface area (Å²) in [7, 11) is 0. The van der Waals surface area contributed by atoms with E-state index >= 15 is 0 Å². The molecular formula is C16H34N2S. The zero-order valence-corrected chi connectivity index (χ0v) is 13.6. The first kappa shape index (κ1) is 17.3. The van der Waals surface area contributed by atoms with Crippen molar-refractivity contribution in [3.63, 3.8) is 0 Å². The first-order valence-corrected chi connectivity index (χ1v) is 9.46. The topological polar surface area (TPSA) is 38.0 Å². The Morgan fingerprint density at radius 3 is 2.26 bits per heavy atom. The smallest absolute Gasteiger partial charge is 0.0547 e. The summed E-state index contributed by atoms with van der Waals surface area (Å²) in [6.07, 6.45) is 15.4. The Morgan fingerprint density at radius 2 is 1.68 bits per heavy atom. The molecule has 0 saturated heterocycles. The number of nitrogens with one attached hydrogen (secondary N) is 1. The lowest BCUT2D eigenvalue weighted by atomic mass is 10.1. The van der Waals surface area contributed by atoms with Gasteiger partial charge < -0.3 is 11.1 Å². The van der Waals surface area contributed by atoms with Gasteiger partial charge in [-0.1, -0.05) is 64.7 Å². The van der Waals surface area contributed by atoms with Crippen LogP contribution in [0.25, 0.3) is 0 Å². The number of thioether (sulfide) groups is 1. The van der Waals surface area contributed by atoms with E-state index in [-0.39, 0.29) is 0 Å². The van der Waals surface area contributed by atoms with E-state index in [0.29, 0.717) is 5.37 Å². The van der Waals surface area contributed by atoms with Gasteiger partial charge >= 0.3 is 0 Å². The fourth-order valence-corrected chi connectivity index (χ4v) is 3.38. The van der Waals surface area contributed by atoms with Crippen LogP contribution in [0.5, 0.6) is 0 Å². The van der Waals surface area contributed by atoms with Crippen molar-refractivity contribution in [2.45, 2.75) is 82.9 Å². The van der Waals surface area contributed by atoms with Crippen molar-refractivity contribution < 1.29 is 0 Å². The highest BCUT2D eigenvalue weighted by Gasteiger charge is 2.25. The fraction of sp³-hybridized carbons (Fsp3) is 1.00. The molecule has 1 aliphatic carbocycles. The standard InChI is InChI=1S/C16H34N2S/c1-2-3-4-5-6-7-8-9-12-18-16(19-14-17)13-15-10-11-15/h15-16,18H,2-14,17H2,1H3/t16-/m0/s1. The predicted octanol–water partition coefficient (Wildman–Crippen LogP) is 4.49. The first-order chi connectivity index (χ1) is 9.36. The van der Waals surface area contributed by atoms with Crippen LogP contribution in [0, 0.1) is 5.92 Å². The monoisotopic (exact) mass is 286 g/mol. The molecule has 0 aromatic carbocycles. The zero-order valence-electron chi connectivity index (χ0n) is 12.8. The van der Waals surface area contributed by atoms with Gasteiger partial charge in [-0.25, -0.2) is 0 Å². The van der Waals surface area contributed by atoms with Crippen LogP contribution in [0.15, 0.2) is 0 Å². The molecule has 1 rings (SSSR count). The Morgan fingerprint density at radius 1 is 1.05 bits per heavy atom. The van der Waals surface area contributed by atoms with Crippen LogP contribution < -0.4 is 11.1 Å². The van der Waals surface area contributed by atoms with Crippen LogP contribution >= 0.6 is 11.8 Å². The third kappa shape index (κ3) is 10.7. The van der Waals surface area contributed by atoms with Crippen molar-refractivity contribution in [3.8, 4) is 0 Å². The summed E-state index contributed by atoms with van der Waals surface area (Å²) in [5, 5.41) is 4.30. The van der Waals surface area contributed by atoms with Gasteiger partial charge in [0.1, 0.15) is 0 Å². The van der Waals surface area contributed by atoms with Crippen LogP contribution in [-0.2, 0) is 0 Å². The largest absolute Gasteiger partial charge is 0.322 e. The number of rotatable bonds is 14. The van der Waals surface area contributed by atoms with Gasteiger partial charge in [0.2, 0.25) is 0 Å². The Bertz CT molecular complexity index is 195. The van der Waals surface area contributed by atoms with Gasteiger partial charge in [-0.15, -0.1) is 11.8 Å². The lowest BCUT2D eigenvalue weighted by Gasteiger charge is -2.17. The SMILES string of the molecule is CCCCCCCCCCN[C@H](CC1CC1)SCN. The van der Waals surface area contributed by atoms with E-state index in [2.05, 4.69) is 12.2 Å². The molecule has 3 heteroatoms. The molecule has 0 aromatic rings. The summed E-state index contributed by atoms with van der Waals surface area (Å²) in [5.41, 5.74) is 5.66. The van der Waals surface area contributed by atoms with Crippen LogP contribution in [0.1, 0.15) is 77.6 Å². The molecule has 1 atom stereocenters. The summed E-state index contributed by atoms with van der Waals surface area (Å²) >= 11 is 1.89. The Hall–Kier alpha value is 0.270. The molecule has 114 valence electrons. The molecular weight excluding hydrogens is 252 g/mol. The molecule has 0 radical (unpaired) electrons. The van der Waals surface area contributed by atoms with Crippen molar-refractivity contribution in [2.24, 2.45) is 11.7 Å². The highest BCUT2D eigenvalue weighted by molar-refractivity contribution is 7.99. The van der Waals surface area contributed by atoms with Crippen LogP contribution in [0.4, 0.5) is 0 Å². The van der Waals surface area contributed by atoms with E-state index in [9.17, 15) is 0 Å². The van der Waals surface area contributed by atoms with Crippen molar-refractivity contribution in [1.82, 2.24) is 5.32 Å². The molecule has 2 nitrogen and oxygen atoms in total. The number of hydrogen-bond acceptors (Lipinski definition) is 3. The van der Waals surface area contributed by atoms with E-state index in [4.69, 9.17) is 5.73 Å². The minimum Gasteiger partial charge on any atom is -0.322 e. The van der Waals surface area contributed by atoms with E-state index in [1.165, 1.54) is 77.2 Å². The second-order valence-corrected chi connectivity index (χ2v) is 7.17. The molecule has 1 fully saturated rings. The maximum atomic E-state index is 5.66. The van der Waals surface area contributed by atoms with Crippen molar-refractivity contribution in [1.29, 1.82) is 0 Å². The quantitative estimate of drug-likeness (QED) is 0.365. The summed E-state index contributed by atoms with van der Waals surface area (Å²) in [5.74, 6) is 1.75. The minimum absolute atomic E-state index is 0.613. The average Bonchev–Trinajstić information content (AvgIpc) is 3.21. The van der Waals surface area contributed by atoms with Crippen molar-refractivity contribution in [3.05, 3.63) is 0 Å². The first-order valence-electron chi connectivity index (χ1n) is 8.41. The third-order valence-corrected chi connectivity index (χ3v) is 4.90. The van der Waals surface area contributed by atoms with E-state index < -0.39 is 0 Å². The van der Waals surface area contributed by atoms with Gasteiger partial charge in [0.25, 0.3) is 0 Å². The van der Waals surface area contributed by atoms with E-state index in [1.807, 2.05) is 11.8 Å². The molecule has 0 aromatic heterocycles. The average molecular weight is 287 g/mol. The molecule has 1 saturated carbocycles. The third-order valence-electron chi connectivity index (χ3n) is 3.94. The van der Waals surface area contributed by atoms with Gasteiger partial charge in [-0.05, 0) is 25.3 Å². The zero-order chi connectivity index (χ0) is 13.8. The van der Waals surface area contributed by atoms with E-state index in [0.717, 1.165) is 11.8 Å². The molecule has 0 heterocycles. The van der Waals surface area contributed by atoms with E-state index in [1.54, 1.807) is 0 Å². The van der Waals surface area contributed by atoms with Crippen LogP contribution in [0.2, 0.25) is 0 Å². The lowest BCUT2D eigenvalue weighted by molar-refractivity contribution is 0.528. The Kier molecular flexibility index (Phi) is 11.0. The maximum absolute atomic E-state index is 5.66. The molecule has 1 aliphatic rings. The molecule has 0 unspecified atom stereocenters. The van der Waals surface area contributed by atoms with Gasteiger partial charge in [-0.3, -0.25) is 0 Å². The summed E-state index contributed by atoms with van der Waals surface area (Å²) in [6, 6.07) is 0. The van der Waals surface area contributed by atoms with Gasteiger partial charge in [0.15, 0.2) is 0 Å². The van der Waals surface area contributed by atoms with Crippen molar-refractivity contribution >= 4 is 11.8 Å². The molecule has 0 spiro atoms. The number of hydrogen-bond donors (Lipinski definition) is 2. The van der Waals surface area contributed by atoms with Gasteiger partial charge in [0.05, 0.1) is 5.37 Å². The summed E-state index contributed by atoms with van der Waals surface area (Å²) in [4.78, 5) is 0. The molecule has 0 bridgehead atoms. The Balaban J connectivity index is 1.84. The van der Waals surface area contributed by atoms with Crippen LogP contribution in [-0.4, -0.2) is 17.8 Å². The molecule has 3 N–H and O–H groups in total. The predicted molar refractivity (Wildman–Crippen MR) is 88.4 cm³/mol. The maximum Gasteiger partial charge on any atom is 0.0547 e. The molecule has 19 heavy (non-hydrogen) atoms. The number of unbranched alkanes of at least 4 members (excludes halogenated alkanes) is 7. The summed E-state index contributed by atoms with van der Waals surface area (Å²) in [6.45, 7) is 3.46. The number of nitrogens with two attached hydrogens (primary N) is 1. The lowest BCUT2D eigenvalue weighted by Crippen LogP contribution is -2.28.